The highest BCUT2D eigenvalue weighted by molar-refractivity contribution is 5.76. The third kappa shape index (κ3) is 5.11. The van der Waals surface area contributed by atoms with Gasteiger partial charge in [0.05, 0.1) is 13.2 Å². The van der Waals surface area contributed by atoms with E-state index in [4.69, 9.17) is 9.47 Å². The maximum atomic E-state index is 11.8. The lowest BCUT2D eigenvalue weighted by Gasteiger charge is -2.18. The fraction of sp³-hybridized carbons (Fsp3) is 0.562. The summed E-state index contributed by atoms with van der Waals surface area (Å²) in [7, 11) is 0. The van der Waals surface area contributed by atoms with E-state index in [0.29, 0.717) is 19.6 Å². The largest absolute Gasteiger partial charge is 0.490 e. The number of ether oxygens (including phenoxy) is 2. The van der Waals surface area contributed by atoms with Gasteiger partial charge < -0.3 is 14.4 Å². The SMILES string of the molecule is CCOc1ccccc1OCCCC(=O)N(CC)CC. The van der Waals surface area contributed by atoms with E-state index in [2.05, 4.69) is 0 Å². The molecule has 0 aliphatic rings. The first-order valence-corrected chi connectivity index (χ1v) is 7.35. The Balaban J connectivity index is 2.36. The quantitative estimate of drug-likeness (QED) is 0.652. The highest BCUT2D eigenvalue weighted by Gasteiger charge is 2.09. The summed E-state index contributed by atoms with van der Waals surface area (Å²) in [5.41, 5.74) is 0. The number of carbonyl (C=O) groups excluding carboxylic acids is 1. The first-order valence-electron chi connectivity index (χ1n) is 7.35. The molecule has 0 aromatic heterocycles. The zero-order chi connectivity index (χ0) is 14.8. The Labute approximate surface area is 121 Å². The summed E-state index contributed by atoms with van der Waals surface area (Å²) in [5, 5.41) is 0. The molecule has 0 heterocycles. The van der Waals surface area contributed by atoms with E-state index in [9.17, 15) is 4.79 Å². The van der Waals surface area contributed by atoms with Crippen molar-refractivity contribution >= 4 is 5.91 Å². The van der Waals surface area contributed by atoms with E-state index >= 15 is 0 Å². The van der Waals surface area contributed by atoms with Gasteiger partial charge in [-0.1, -0.05) is 12.1 Å². The Morgan fingerprint density at radius 3 is 2.20 bits per heavy atom. The predicted octanol–water partition coefficient (Wildman–Crippen LogP) is 3.11. The van der Waals surface area contributed by atoms with Gasteiger partial charge in [-0.2, -0.15) is 0 Å². The van der Waals surface area contributed by atoms with Crippen LogP contribution in [0.3, 0.4) is 0 Å². The molecule has 20 heavy (non-hydrogen) atoms. The lowest BCUT2D eigenvalue weighted by Crippen LogP contribution is -2.30. The Morgan fingerprint density at radius 1 is 1.05 bits per heavy atom. The van der Waals surface area contributed by atoms with E-state index < -0.39 is 0 Å². The summed E-state index contributed by atoms with van der Waals surface area (Å²) in [6.45, 7) is 8.61. The molecule has 0 aliphatic heterocycles. The van der Waals surface area contributed by atoms with Crippen molar-refractivity contribution in [3.05, 3.63) is 24.3 Å². The minimum absolute atomic E-state index is 0.191. The van der Waals surface area contributed by atoms with Gasteiger partial charge in [-0.3, -0.25) is 4.79 Å². The monoisotopic (exact) mass is 279 g/mol. The maximum Gasteiger partial charge on any atom is 0.222 e. The van der Waals surface area contributed by atoms with Gasteiger partial charge in [0.1, 0.15) is 0 Å². The summed E-state index contributed by atoms with van der Waals surface area (Å²) in [4.78, 5) is 13.7. The second kappa shape index (κ2) is 9.23. The van der Waals surface area contributed by atoms with Crippen LogP contribution in [-0.2, 0) is 4.79 Å². The van der Waals surface area contributed by atoms with Crippen LogP contribution < -0.4 is 9.47 Å². The fourth-order valence-electron chi connectivity index (χ4n) is 1.98. The first kappa shape index (κ1) is 16.3. The van der Waals surface area contributed by atoms with Gasteiger partial charge >= 0.3 is 0 Å². The minimum atomic E-state index is 0.191. The molecule has 0 N–H and O–H groups in total. The van der Waals surface area contributed by atoms with Gasteiger partial charge in [0.25, 0.3) is 0 Å². The second-order valence-electron chi connectivity index (χ2n) is 4.40. The van der Waals surface area contributed by atoms with Crippen LogP contribution in [-0.4, -0.2) is 37.1 Å². The van der Waals surface area contributed by atoms with Gasteiger partial charge in [-0.15, -0.1) is 0 Å². The summed E-state index contributed by atoms with van der Waals surface area (Å²) in [5.74, 6) is 1.69. The average molecular weight is 279 g/mol. The summed E-state index contributed by atoms with van der Waals surface area (Å²) >= 11 is 0. The molecule has 0 fully saturated rings. The molecule has 0 saturated heterocycles. The zero-order valence-electron chi connectivity index (χ0n) is 12.7. The average Bonchev–Trinajstić information content (AvgIpc) is 2.47. The van der Waals surface area contributed by atoms with Gasteiger partial charge in [-0.05, 0) is 39.3 Å². The van der Waals surface area contributed by atoms with E-state index in [1.54, 1.807) is 0 Å². The molecule has 4 heteroatoms. The maximum absolute atomic E-state index is 11.8. The van der Waals surface area contributed by atoms with E-state index in [1.807, 2.05) is 49.9 Å². The molecule has 0 atom stereocenters. The third-order valence-corrected chi connectivity index (χ3v) is 3.06. The standard InChI is InChI=1S/C16H25NO3/c1-4-17(5-2)16(18)12-9-13-20-15-11-8-7-10-14(15)19-6-3/h7-8,10-11H,4-6,9,12-13H2,1-3H3. The fourth-order valence-corrected chi connectivity index (χ4v) is 1.98. The predicted molar refractivity (Wildman–Crippen MR) is 80.3 cm³/mol. The van der Waals surface area contributed by atoms with Gasteiger partial charge in [0.15, 0.2) is 11.5 Å². The smallest absolute Gasteiger partial charge is 0.222 e. The molecule has 1 amide bonds. The number of amides is 1. The molecular formula is C16H25NO3. The van der Waals surface area contributed by atoms with Crippen LogP contribution in [0.4, 0.5) is 0 Å². The van der Waals surface area contributed by atoms with Crippen molar-refractivity contribution in [3.63, 3.8) is 0 Å². The van der Waals surface area contributed by atoms with Crippen LogP contribution in [0.25, 0.3) is 0 Å². The van der Waals surface area contributed by atoms with E-state index in [0.717, 1.165) is 31.0 Å². The highest BCUT2D eigenvalue weighted by Crippen LogP contribution is 2.26. The van der Waals surface area contributed by atoms with E-state index in [1.165, 1.54) is 0 Å². The van der Waals surface area contributed by atoms with Crippen molar-refractivity contribution < 1.29 is 14.3 Å². The molecule has 0 radical (unpaired) electrons. The Morgan fingerprint density at radius 2 is 1.65 bits per heavy atom. The van der Waals surface area contributed by atoms with Crippen molar-refractivity contribution in [3.8, 4) is 11.5 Å². The molecule has 1 rings (SSSR count). The number of nitrogens with zero attached hydrogens (tertiary/aromatic N) is 1. The molecule has 1 aromatic rings. The Kier molecular flexibility index (Phi) is 7.55. The van der Waals surface area contributed by atoms with Gasteiger partial charge in [0, 0.05) is 19.5 Å². The van der Waals surface area contributed by atoms with Gasteiger partial charge in [-0.25, -0.2) is 0 Å². The van der Waals surface area contributed by atoms with Gasteiger partial charge in [0.2, 0.25) is 5.91 Å². The number of hydrogen-bond donors (Lipinski definition) is 0. The molecule has 0 saturated carbocycles. The number of hydrogen-bond acceptors (Lipinski definition) is 3. The van der Waals surface area contributed by atoms with E-state index in [-0.39, 0.29) is 5.91 Å². The van der Waals surface area contributed by atoms with Crippen molar-refractivity contribution in [1.29, 1.82) is 0 Å². The van der Waals surface area contributed by atoms with Crippen molar-refractivity contribution in [2.75, 3.05) is 26.3 Å². The van der Waals surface area contributed by atoms with Crippen molar-refractivity contribution in [1.82, 2.24) is 4.90 Å². The number of para-hydroxylation sites is 2. The molecule has 1 aromatic carbocycles. The topological polar surface area (TPSA) is 38.8 Å². The molecule has 0 bridgehead atoms. The van der Waals surface area contributed by atoms with Crippen LogP contribution >= 0.6 is 0 Å². The van der Waals surface area contributed by atoms with Crippen LogP contribution in [0.2, 0.25) is 0 Å². The molecule has 0 aliphatic carbocycles. The minimum Gasteiger partial charge on any atom is -0.490 e. The summed E-state index contributed by atoms with van der Waals surface area (Å²) < 4.78 is 11.2. The van der Waals surface area contributed by atoms with Crippen LogP contribution in [0.5, 0.6) is 11.5 Å². The lowest BCUT2D eigenvalue weighted by atomic mass is 10.2. The summed E-state index contributed by atoms with van der Waals surface area (Å²) in [6.07, 6.45) is 1.24. The molecule has 112 valence electrons. The first-order chi connectivity index (χ1) is 9.72. The lowest BCUT2D eigenvalue weighted by molar-refractivity contribution is -0.131. The number of carbonyl (C=O) groups is 1. The number of benzene rings is 1. The Hall–Kier alpha value is -1.71. The summed E-state index contributed by atoms with van der Waals surface area (Å²) in [6, 6.07) is 7.61. The second-order valence-corrected chi connectivity index (χ2v) is 4.40. The highest BCUT2D eigenvalue weighted by atomic mass is 16.5. The third-order valence-electron chi connectivity index (χ3n) is 3.06. The molecule has 0 spiro atoms. The van der Waals surface area contributed by atoms with Crippen LogP contribution in [0, 0.1) is 0 Å². The van der Waals surface area contributed by atoms with Crippen LogP contribution in [0.15, 0.2) is 24.3 Å². The van der Waals surface area contributed by atoms with Crippen molar-refractivity contribution in [2.45, 2.75) is 33.6 Å². The number of rotatable bonds is 9. The van der Waals surface area contributed by atoms with Crippen molar-refractivity contribution in [2.24, 2.45) is 0 Å². The normalized spacial score (nSPS) is 10.2. The zero-order valence-corrected chi connectivity index (χ0v) is 12.7. The van der Waals surface area contributed by atoms with Crippen LogP contribution in [0.1, 0.15) is 33.6 Å². The molecule has 0 unspecified atom stereocenters. The molecular weight excluding hydrogens is 254 g/mol. The Bertz CT molecular complexity index is 402. The molecule has 4 nitrogen and oxygen atoms in total.